The highest BCUT2D eigenvalue weighted by molar-refractivity contribution is 7.98. The summed E-state index contributed by atoms with van der Waals surface area (Å²) < 4.78 is 32.1. The van der Waals surface area contributed by atoms with Crippen LogP contribution in [0.25, 0.3) is 0 Å². The molecule has 0 aliphatic carbocycles. The molecule has 1 N–H and O–H groups in total. The van der Waals surface area contributed by atoms with E-state index in [0.717, 1.165) is 19.9 Å². The van der Waals surface area contributed by atoms with Crippen molar-refractivity contribution >= 4 is 44.7 Å². The zero-order valence-corrected chi connectivity index (χ0v) is 20.7. The van der Waals surface area contributed by atoms with Crippen LogP contribution in [0.1, 0.15) is 28.0 Å². The molecule has 7 nitrogen and oxygen atoms in total. The maximum atomic E-state index is 13.0. The van der Waals surface area contributed by atoms with E-state index in [2.05, 4.69) is 10.3 Å². The van der Waals surface area contributed by atoms with E-state index in [1.807, 2.05) is 24.4 Å². The lowest BCUT2D eigenvalue weighted by molar-refractivity contribution is 0.102. The summed E-state index contributed by atoms with van der Waals surface area (Å²) in [5.74, 6) is 0.580. The number of anilines is 1. The van der Waals surface area contributed by atoms with Crippen molar-refractivity contribution in [3.63, 3.8) is 0 Å². The lowest BCUT2D eigenvalue weighted by atomic mass is 10.2. The van der Waals surface area contributed by atoms with E-state index in [-0.39, 0.29) is 16.6 Å². The van der Waals surface area contributed by atoms with Gasteiger partial charge in [-0.1, -0.05) is 12.1 Å². The average molecular weight is 492 g/mol. The van der Waals surface area contributed by atoms with Crippen LogP contribution in [-0.2, 0) is 15.8 Å². The maximum Gasteiger partial charge on any atom is 0.256 e. The Hall–Kier alpha value is -2.40. The smallest absolute Gasteiger partial charge is 0.256 e. The summed E-state index contributed by atoms with van der Waals surface area (Å²) in [4.78, 5) is 18.3. The zero-order chi connectivity index (χ0) is 23.3. The van der Waals surface area contributed by atoms with Crippen LogP contribution in [0.3, 0.4) is 0 Å². The predicted molar refractivity (Wildman–Crippen MR) is 129 cm³/mol. The molecule has 0 spiro atoms. The lowest BCUT2D eigenvalue weighted by Crippen LogP contribution is -2.23. The first-order valence-corrected chi connectivity index (χ1v) is 13.2. The average Bonchev–Trinajstić information content (AvgIpc) is 3.18. The van der Waals surface area contributed by atoms with Crippen LogP contribution in [0.4, 0.5) is 5.69 Å². The largest absolute Gasteiger partial charge is 0.492 e. The third-order valence-electron chi connectivity index (χ3n) is 4.43. The van der Waals surface area contributed by atoms with Crippen molar-refractivity contribution in [2.75, 3.05) is 26.0 Å². The zero-order valence-electron chi connectivity index (χ0n) is 18.3. The minimum absolute atomic E-state index is 0.00344. The van der Waals surface area contributed by atoms with Crippen molar-refractivity contribution in [1.29, 1.82) is 0 Å². The number of aryl methyl sites for hydroxylation is 1. The number of ether oxygens (including phenoxy) is 1. The standard InChI is InChI=1S/C22H25N3O4S3/c1-5-29-19-11-10-16(12-21(19)32(27,28)25(3)4)24-22(26)18-8-6-7-9-20(18)31-14-17-13-30-15(2)23-17/h6-13H,5,14H2,1-4H3,(H,24,26). The molecule has 1 heterocycles. The van der Waals surface area contributed by atoms with E-state index in [9.17, 15) is 13.2 Å². The minimum Gasteiger partial charge on any atom is -0.492 e. The highest BCUT2D eigenvalue weighted by Crippen LogP contribution is 2.31. The Morgan fingerprint density at radius 2 is 1.97 bits per heavy atom. The second-order valence-corrected chi connectivity index (χ2v) is 11.2. The molecule has 10 heteroatoms. The Labute approximate surface area is 196 Å². The van der Waals surface area contributed by atoms with Crippen molar-refractivity contribution < 1.29 is 17.9 Å². The molecule has 0 atom stereocenters. The molecule has 32 heavy (non-hydrogen) atoms. The van der Waals surface area contributed by atoms with Crippen LogP contribution >= 0.6 is 23.1 Å². The molecule has 0 fully saturated rings. The van der Waals surface area contributed by atoms with Gasteiger partial charge in [-0.05, 0) is 44.2 Å². The SMILES string of the molecule is CCOc1ccc(NC(=O)c2ccccc2SCc2csc(C)n2)cc1S(=O)(=O)N(C)C. The molecule has 0 bridgehead atoms. The number of rotatable bonds is 9. The van der Waals surface area contributed by atoms with Gasteiger partial charge in [0.1, 0.15) is 10.6 Å². The summed E-state index contributed by atoms with van der Waals surface area (Å²) in [5, 5.41) is 5.83. The Morgan fingerprint density at radius 1 is 1.22 bits per heavy atom. The number of benzene rings is 2. The molecule has 3 aromatic rings. The minimum atomic E-state index is -3.75. The Morgan fingerprint density at radius 3 is 2.62 bits per heavy atom. The van der Waals surface area contributed by atoms with Gasteiger partial charge in [-0.2, -0.15) is 0 Å². The van der Waals surface area contributed by atoms with Gasteiger partial charge in [0, 0.05) is 35.8 Å². The van der Waals surface area contributed by atoms with E-state index in [1.165, 1.54) is 31.9 Å². The molecule has 1 aromatic heterocycles. The summed E-state index contributed by atoms with van der Waals surface area (Å²) in [6.07, 6.45) is 0. The number of thiazole rings is 1. The summed E-state index contributed by atoms with van der Waals surface area (Å²) in [6, 6.07) is 11.9. The fourth-order valence-electron chi connectivity index (χ4n) is 2.86. The molecule has 0 saturated carbocycles. The number of carbonyl (C=O) groups is 1. The van der Waals surface area contributed by atoms with E-state index in [4.69, 9.17) is 4.74 Å². The Balaban J connectivity index is 1.84. The van der Waals surface area contributed by atoms with Crippen molar-refractivity contribution in [2.45, 2.75) is 29.4 Å². The number of nitrogens with zero attached hydrogens (tertiary/aromatic N) is 2. The number of hydrogen-bond donors (Lipinski definition) is 1. The Kier molecular flexibility index (Phi) is 7.94. The van der Waals surface area contributed by atoms with Gasteiger partial charge in [0.2, 0.25) is 10.0 Å². The van der Waals surface area contributed by atoms with Crippen LogP contribution in [-0.4, -0.2) is 44.3 Å². The van der Waals surface area contributed by atoms with Crippen LogP contribution in [0.2, 0.25) is 0 Å². The first kappa shape index (κ1) is 24.2. The van der Waals surface area contributed by atoms with Crippen LogP contribution in [0, 0.1) is 6.92 Å². The van der Waals surface area contributed by atoms with E-state index >= 15 is 0 Å². The van der Waals surface area contributed by atoms with Crippen molar-refractivity contribution in [3.8, 4) is 5.75 Å². The summed E-state index contributed by atoms with van der Waals surface area (Å²) in [7, 11) is -0.847. The fourth-order valence-corrected chi connectivity index (χ4v) is 5.57. The van der Waals surface area contributed by atoms with Gasteiger partial charge in [0.05, 0.1) is 22.9 Å². The van der Waals surface area contributed by atoms with Crippen molar-refractivity contribution in [1.82, 2.24) is 9.29 Å². The molecular formula is C22H25N3O4S3. The summed E-state index contributed by atoms with van der Waals surface area (Å²) in [5.41, 5.74) is 1.85. The second kappa shape index (κ2) is 10.5. The Bertz CT molecular complexity index is 1210. The lowest BCUT2D eigenvalue weighted by Gasteiger charge is -2.17. The topological polar surface area (TPSA) is 88.6 Å². The van der Waals surface area contributed by atoms with Crippen LogP contribution < -0.4 is 10.1 Å². The molecule has 0 aliphatic rings. The van der Waals surface area contributed by atoms with Gasteiger partial charge in [-0.25, -0.2) is 17.7 Å². The van der Waals surface area contributed by atoms with Gasteiger partial charge in [0.25, 0.3) is 5.91 Å². The third kappa shape index (κ3) is 5.69. The molecule has 170 valence electrons. The number of aromatic nitrogens is 1. The van der Waals surface area contributed by atoms with Crippen molar-refractivity contribution in [3.05, 3.63) is 64.1 Å². The predicted octanol–water partition coefficient (Wildman–Crippen LogP) is 4.65. The number of carbonyl (C=O) groups excluding carboxylic acids is 1. The van der Waals surface area contributed by atoms with Crippen LogP contribution in [0.15, 0.2) is 57.6 Å². The number of thioether (sulfide) groups is 1. The van der Waals surface area contributed by atoms with E-state index in [1.54, 1.807) is 42.5 Å². The fraction of sp³-hybridized carbons (Fsp3) is 0.273. The first-order valence-electron chi connectivity index (χ1n) is 9.86. The van der Waals surface area contributed by atoms with Gasteiger partial charge in [0.15, 0.2) is 0 Å². The molecule has 0 aliphatic heterocycles. The molecular weight excluding hydrogens is 466 g/mol. The highest BCUT2D eigenvalue weighted by Gasteiger charge is 2.23. The van der Waals surface area contributed by atoms with Gasteiger partial charge in [-0.3, -0.25) is 4.79 Å². The molecule has 0 saturated heterocycles. The summed E-state index contributed by atoms with van der Waals surface area (Å²) >= 11 is 3.13. The summed E-state index contributed by atoms with van der Waals surface area (Å²) in [6.45, 7) is 4.07. The maximum absolute atomic E-state index is 13.0. The van der Waals surface area contributed by atoms with Crippen LogP contribution in [0.5, 0.6) is 5.75 Å². The number of nitrogens with one attached hydrogen (secondary N) is 1. The van der Waals surface area contributed by atoms with Gasteiger partial charge >= 0.3 is 0 Å². The quantitative estimate of drug-likeness (QED) is 0.439. The normalized spacial score (nSPS) is 11.5. The second-order valence-electron chi connectivity index (χ2n) is 6.98. The number of sulfonamides is 1. The monoisotopic (exact) mass is 491 g/mol. The molecule has 1 amide bonds. The van der Waals surface area contributed by atoms with Gasteiger partial charge in [-0.15, -0.1) is 23.1 Å². The van der Waals surface area contributed by atoms with Gasteiger partial charge < -0.3 is 10.1 Å². The number of hydrogen-bond acceptors (Lipinski definition) is 7. The first-order chi connectivity index (χ1) is 15.2. The van der Waals surface area contributed by atoms with E-state index < -0.39 is 10.0 Å². The molecule has 0 radical (unpaired) electrons. The molecule has 2 aromatic carbocycles. The van der Waals surface area contributed by atoms with Crippen molar-refractivity contribution in [2.24, 2.45) is 0 Å². The molecule has 3 rings (SSSR count). The highest BCUT2D eigenvalue weighted by atomic mass is 32.2. The van der Waals surface area contributed by atoms with E-state index in [0.29, 0.717) is 23.6 Å². The number of amides is 1. The molecule has 0 unspecified atom stereocenters. The third-order valence-corrected chi connectivity index (χ3v) is 8.20.